The van der Waals surface area contributed by atoms with E-state index in [0.717, 1.165) is 6.07 Å². The second-order valence-electron chi connectivity index (χ2n) is 4.44. The van der Waals surface area contributed by atoms with Gasteiger partial charge in [-0.1, -0.05) is 12.2 Å². The predicted octanol–water partition coefficient (Wildman–Crippen LogP) is 2.44. The average molecular weight is 304 g/mol. The SMILES string of the molecule is CN(C(=O)c1ccc(O)cc1F)c1ccc(C(N)=S)cc1. The molecule has 0 aromatic heterocycles. The van der Waals surface area contributed by atoms with Crippen LogP contribution >= 0.6 is 12.2 Å². The van der Waals surface area contributed by atoms with Crippen LogP contribution in [0, 0.1) is 5.82 Å². The third-order valence-electron chi connectivity index (χ3n) is 3.03. The number of anilines is 1. The maximum absolute atomic E-state index is 13.7. The van der Waals surface area contributed by atoms with Gasteiger partial charge in [0.15, 0.2) is 0 Å². The normalized spacial score (nSPS) is 10.2. The van der Waals surface area contributed by atoms with Crippen LogP contribution in [0.1, 0.15) is 15.9 Å². The first kappa shape index (κ1) is 14.9. The van der Waals surface area contributed by atoms with Gasteiger partial charge in [-0.05, 0) is 36.4 Å². The highest BCUT2D eigenvalue weighted by atomic mass is 32.1. The molecule has 108 valence electrons. The molecule has 6 heteroatoms. The standard InChI is InChI=1S/C15H13FN2O2S/c1-18(10-4-2-9(3-5-10)14(17)21)15(20)12-7-6-11(19)8-13(12)16/h2-8,19H,1H3,(H2,17,21). The first-order valence-corrected chi connectivity index (χ1v) is 6.47. The van der Waals surface area contributed by atoms with Gasteiger partial charge in [-0.2, -0.15) is 0 Å². The van der Waals surface area contributed by atoms with Crippen LogP contribution in [-0.2, 0) is 0 Å². The largest absolute Gasteiger partial charge is 0.508 e. The first-order valence-electron chi connectivity index (χ1n) is 6.06. The third-order valence-corrected chi connectivity index (χ3v) is 3.26. The van der Waals surface area contributed by atoms with Crippen molar-refractivity contribution in [3.05, 3.63) is 59.4 Å². The van der Waals surface area contributed by atoms with Crippen LogP contribution in [0.2, 0.25) is 0 Å². The highest BCUT2D eigenvalue weighted by Crippen LogP contribution is 2.20. The van der Waals surface area contributed by atoms with Gasteiger partial charge >= 0.3 is 0 Å². The number of nitrogens with zero attached hydrogens (tertiary/aromatic N) is 1. The van der Waals surface area contributed by atoms with Crippen LogP contribution in [0.3, 0.4) is 0 Å². The number of hydrogen-bond donors (Lipinski definition) is 2. The summed E-state index contributed by atoms with van der Waals surface area (Å²) in [7, 11) is 1.53. The lowest BCUT2D eigenvalue weighted by Gasteiger charge is -2.18. The van der Waals surface area contributed by atoms with Gasteiger partial charge in [0, 0.05) is 24.4 Å². The molecule has 2 aromatic carbocycles. The number of carbonyl (C=O) groups is 1. The Morgan fingerprint density at radius 2 is 1.86 bits per heavy atom. The average Bonchev–Trinajstić information content (AvgIpc) is 2.46. The number of phenolic OH excluding ortho intramolecular Hbond substituents is 1. The van der Waals surface area contributed by atoms with Crippen molar-refractivity contribution in [1.82, 2.24) is 0 Å². The van der Waals surface area contributed by atoms with E-state index < -0.39 is 11.7 Å². The Morgan fingerprint density at radius 3 is 2.38 bits per heavy atom. The van der Waals surface area contributed by atoms with Crippen LogP contribution in [-0.4, -0.2) is 23.0 Å². The monoisotopic (exact) mass is 304 g/mol. The van der Waals surface area contributed by atoms with Crippen molar-refractivity contribution in [3.63, 3.8) is 0 Å². The van der Waals surface area contributed by atoms with Crippen LogP contribution in [0.4, 0.5) is 10.1 Å². The third kappa shape index (κ3) is 3.17. The number of thiocarbonyl (C=S) groups is 1. The van der Waals surface area contributed by atoms with Gasteiger partial charge in [0.25, 0.3) is 5.91 Å². The van der Waals surface area contributed by atoms with Crippen molar-refractivity contribution in [2.75, 3.05) is 11.9 Å². The van der Waals surface area contributed by atoms with Crippen molar-refractivity contribution in [2.24, 2.45) is 5.73 Å². The molecule has 0 aliphatic carbocycles. The van der Waals surface area contributed by atoms with E-state index in [9.17, 15) is 9.18 Å². The summed E-state index contributed by atoms with van der Waals surface area (Å²) < 4.78 is 13.7. The van der Waals surface area contributed by atoms with Gasteiger partial charge in [-0.25, -0.2) is 4.39 Å². The number of nitrogens with two attached hydrogens (primary N) is 1. The molecule has 0 fully saturated rings. The molecule has 0 bridgehead atoms. The molecule has 0 radical (unpaired) electrons. The lowest BCUT2D eigenvalue weighted by molar-refractivity contribution is 0.0989. The molecule has 0 saturated carbocycles. The highest BCUT2D eigenvalue weighted by Gasteiger charge is 2.17. The summed E-state index contributed by atoms with van der Waals surface area (Å²) in [4.78, 5) is 13.8. The van der Waals surface area contributed by atoms with Gasteiger partial charge in [-0.3, -0.25) is 4.79 Å². The fourth-order valence-corrected chi connectivity index (χ4v) is 1.96. The van der Waals surface area contributed by atoms with Crippen molar-refractivity contribution < 1.29 is 14.3 Å². The molecule has 3 N–H and O–H groups in total. The molecule has 0 unspecified atom stereocenters. The minimum absolute atomic E-state index is 0.117. The zero-order valence-electron chi connectivity index (χ0n) is 11.2. The summed E-state index contributed by atoms with van der Waals surface area (Å²) in [5.74, 6) is -1.52. The molecule has 0 aliphatic rings. The summed E-state index contributed by atoms with van der Waals surface area (Å²) in [6.45, 7) is 0. The number of carbonyl (C=O) groups excluding carboxylic acids is 1. The van der Waals surface area contributed by atoms with Gasteiger partial charge in [0.2, 0.25) is 0 Å². The molecule has 0 spiro atoms. The molecule has 21 heavy (non-hydrogen) atoms. The fraction of sp³-hybridized carbons (Fsp3) is 0.0667. The summed E-state index contributed by atoms with van der Waals surface area (Å²) in [5, 5.41) is 9.17. The number of benzene rings is 2. The Hall–Kier alpha value is -2.47. The smallest absolute Gasteiger partial charge is 0.260 e. The first-order chi connectivity index (χ1) is 9.90. The maximum Gasteiger partial charge on any atom is 0.260 e. The number of halogens is 1. The molecular weight excluding hydrogens is 291 g/mol. The molecule has 1 amide bonds. The van der Waals surface area contributed by atoms with E-state index in [1.807, 2.05) is 0 Å². The lowest BCUT2D eigenvalue weighted by atomic mass is 10.1. The Balaban J connectivity index is 2.28. The highest BCUT2D eigenvalue weighted by molar-refractivity contribution is 7.80. The summed E-state index contributed by atoms with van der Waals surface area (Å²) in [5.41, 5.74) is 6.65. The second-order valence-corrected chi connectivity index (χ2v) is 4.88. The maximum atomic E-state index is 13.7. The van der Waals surface area contributed by atoms with E-state index in [1.54, 1.807) is 24.3 Å². The van der Waals surface area contributed by atoms with Gasteiger partial charge in [-0.15, -0.1) is 0 Å². The van der Waals surface area contributed by atoms with Gasteiger partial charge in [0.05, 0.1) is 5.56 Å². The Kier molecular flexibility index (Phi) is 4.18. The zero-order chi connectivity index (χ0) is 15.6. The number of aromatic hydroxyl groups is 1. The Morgan fingerprint density at radius 1 is 1.24 bits per heavy atom. The zero-order valence-corrected chi connectivity index (χ0v) is 12.0. The molecule has 4 nitrogen and oxygen atoms in total. The Labute approximate surface area is 126 Å². The topological polar surface area (TPSA) is 66.6 Å². The van der Waals surface area contributed by atoms with Gasteiger partial charge in [0.1, 0.15) is 16.6 Å². The van der Waals surface area contributed by atoms with Crippen molar-refractivity contribution in [2.45, 2.75) is 0 Å². The molecule has 0 aliphatic heterocycles. The number of phenols is 1. The quantitative estimate of drug-likeness (QED) is 0.855. The summed E-state index contributed by atoms with van der Waals surface area (Å²) >= 11 is 4.85. The van der Waals surface area contributed by atoms with E-state index >= 15 is 0 Å². The molecule has 0 heterocycles. The minimum atomic E-state index is -0.772. The van der Waals surface area contributed by atoms with Crippen LogP contribution in [0.25, 0.3) is 0 Å². The van der Waals surface area contributed by atoms with Crippen molar-refractivity contribution in [1.29, 1.82) is 0 Å². The molecule has 0 atom stereocenters. The van der Waals surface area contributed by atoms with E-state index in [2.05, 4.69) is 0 Å². The van der Waals surface area contributed by atoms with Crippen LogP contribution in [0.15, 0.2) is 42.5 Å². The van der Waals surface area contributed by atoms with Crippen molar-refractivity contribution >= 4 is 28.8 Å². The lowest BCUT2D eigenvalue weighted by Crippen LogP contribution is -2.27. The number of hydrogen-bond acceptors (Lipinski definition) is 3. The fourth-order valence-electron chi connectivity index (χ4n) is 1.82. The molecular formula is C15H13FN2O2S. The predicted molar refractivity (Wildman–Crippen MR) is 83.1 cm³/mol. The van der Waals surface area contributed by atoms with E-state index in [-0.39, 0.29) is 16.3 Å². The molecule has 0 saturated heterocycles. The molecule has 2 rings (SSSR count). The number of rotatable bonds is 3. The van der Waals surface area contributed by atoms with Crippen LogP contribution < -0.4 is 10.6 Å². The summed E-state index contributed by atoms with van der Waals surface area (Å²) in [6.07, 6.45) is 0. The van der Waals surface area contributed by atoms with Gasteiger partial charge < -0.3 is 15.7 Å². The Bertz CT molecular complexity index is 701. The minimum Gasteiger partial charge on any atom is -0.508 e. The summed E-state index contributed by atoms with van der Waals surface area (Å²) in [6, 6.07) is 10.1. The van der Waals surface area contributed by atoms with E-state index in [0.29, 0.717) is 11.3 Å². The number of amides is 1. The van der Waals surface area contributed by atoms with E-state index in [4.69, 9.17) is 23.1 Å². The second kappa shape index (κ2) is 5.88. The van der Waals surface area contributed by atoms with E-state index in [1.165, 1.54) is 24.1 Å². The molecule has 2 aromatic rings. The van der Waals surface area contributed by atoms with Crippen LogP contribution in [0.5, 0.6) is 5.75 Å². The van der Waals surface area contributed by atoms with Crippen molar-refractivity contribution in [3.8, 4) is 5.75 Å².